The number of rotatable bonds is 10. The zero-order valence-electron chi connectivity index (χ0n) is 19.2. The second kappa shape index (κ2) is 12.5. The number of nitrogens with zero attached hydrogens (tertiary/aromatic N) is 1. The molecule has 2 aromatic carbocycles. The second-order valence-electron chi connectivity index (χ2n) is 8.00. The molecule has 180 valence electrons. The lowest BCUT2D eigenvalue weighted by atomic mass is 10.1. The van der Waals surface area contributed by atoms with E-state index in [9.17, 15) is 19.2 Å². The first-order valence-corrected chi connectivity index (χ1v) is 11.4. The highest BCUT2D eigenvalue weighted by molar-refractivity contribution is 5.96. The van der Waals surface area contributed by atoms with E-state index in [-0.39, 0.29) is 30.7 Å². The maximum atomic E-state index is 12.6. The largest absolute Gasteiger partial charge is 0.466 e. The van der Waals surface area contributed by atoms with E-state index in [0.29, 0.717) is 43.9 Å². The van der Waals surface area contributed by atoms with Crippen molar-refractivity contribution in [2.45, 2.75) is 32.4 Å². The van der Waals surface area contributed by atoms with E-state index in [0.717, 1.165) is 5.56 Å². The summed E-state index contributed by atoms with van der Waals surface area (Å²) in [5.74, 6) is -1.28. The van der Waals surface area contributed by atoms with Crippen LogP contribution < -0.4 is 16.0 Å². The number of carbonyl (C=O) groups is 4. The van der Waals surface area contributed by atoms with E-state index in [1.807, 2.05) is 37.3 Å². The third-order valence-electron chi connectivity index (χ3n) is 5.34. The average molecular weight is 467 g/mol. The molecule has 34 heavy (non-hydrogen) atoms. The molecule has 1 unspecified atom stereocenters. The molecule has 0 aromatic heterocycles. The molecule has 0 spiro atoms. The van der Waals surface area contributed by atoms with Crippen molar-refractivity contribution in [2.75, 3.05) is 31.6 Å². The molecule has 0 bridgehead atoms. The van der Waals surface area contributed by atoms with Gasteiger partial charge in [0.25, 0.3) is 5.91 Å². The number of hydrogen-bond donors (Lipinski definition) is 3. The fourth-order valence-corrected chi connectivity index (χ4v) is 3.58. The summed E-state index contributed by atoms with van der Waals surface area (Å²) < 4.78 is 5.09. The van der Waals surface area contributed by atoms with Gasteiger partial charge in [0, 0.05) is 30.9 Å². The zero-order chi connectivity index (χ0) is 24.3. The predicted molar refractivity (Wildman–Crippen MR) is 127 cm³/mol. The molecule has 1 atom stereocenters. The van der Waals surface area contributed by atoms with Gasteiger partial charge in [-0.05, 0) is 36.2 Å². The van der Waals surface area contributed by atoms with Crippen molar-refractivity contribution >= 4 is 29.4 Å². The summed E-state index contributed by atoms with van der Waals surface area (Å²) in [6.45, 7) is 3.42. The van der Waals surface area contributed by atoms with E-state index < -0.39 is 12.0 Å². The molecule has 9 heteroatoms. The van der Waals surface area contributed by atoms with E-state index in [4.69, 9.17) is 4.74 Å². The zero-order valence-corrected chi connectivity index (χ0v) is 19.2. The minimum atomic E-state index is -0.750. The van der Waals surface area contributed by atoms with Crippen molar-refractivity contribution in [3.8, 4) is 0 Å². The smallest absolute Gasteiger partial charge is 0.307 e. The number of piperazine rings is 1. The summed E-state index contributed by atoms with van der Waals surface area (Å²) in [5.41, 5.74) is 2.01. The standard InChI is InChI=1S/C25H30N4O5/c1-2-14-34-23(31)15-21-25(33)26-12-13-29(21)17-22(30)28-20-10-8-19(9-11-20)24(32)27-16-18-6-4-3-5-7-18/h3-11,21H,2,12-17H2,1H3,(H,26,33)(H,27,32)(H,28,30). The van der Waals surface area contributed by atoms with Gasteiger partial charge in [-0.15, -0.1) is 0 Å². The number of amides is 3. The van der Waals surface area contributed by atoms with Crippen LogP contribution in [0.5, 0.6) is 0 Å². The highest BCUT2D eigenvalue weighted by Crippen LogP contribution is 2.13. The van der Waals surface area contributed by atoms with Crippen LogP contribution in [0.15, 0.2) is 54.6 Å². The highest BCUT2D eigenvalue weighted by Gasteiger charge is 2.33. The second-order valence-corrected chi connectivity index (χ2v) is 8.00. The van der Waals surface area contributed by atoms with E-state index in [1.165, 1.54) is 0 Å². The van der Waals surface area contributed by atoms with Crippen LogP contribution >= 0.6 is 0 Å². The summed E-state index contributed by atoms with van der Waals surface area (Å²) in [4.78, 5) is 50.9. The van der Waals surface area contributed by atoms with Crippen LogP contribution in [-0.2, 0) is 25.7 Å². The minimum Gasteiger partial charge on any atom is -0.466 e. The van der Waals surface area contributed by atoms with Gasteiger partial charge in [0.05, 0.1) is 19.6 Å². The Hall–Kier alpha value is -3.72. The van der Waals surface area contributed by atoms with Crippen molar-refractivity contribution < 1.29 is 23.9 Å². The number of carbonyl (C=O) groups excluding carboxylic acids is 4. The molecule has 1 aliphatic heterocycles. The Kier molecular flexibility index (Phi) is 9.16. The van der Waals surface area contributed by atoms with Gasteiger partial charge in [0.1, 0.15) is 6.04 Å². The molecule has 9 nitrogen and oxygen atoms in total. The Morgan fingerprint density at radius 1 is 1.09 bits per heavy atom. The first-order chi connectivity index (χ1) is 16.5. The van der Waals surface area contributed by atoms with Gasteiger partial charge in [-0.3, -0.25) is 24.1 Å². The normalized spacial score (nSPS) is 15.8. The van der Waals surface area contributed by atoms with Crippen LogP contribution in [0.4, 0.5) is 5.69 Å². The molecular weight excluding hydrogens is 436 g/mol. The van der Waals surface area contributed by atoms with Crippen LogP contribution in [0.1, 0.15) is 35.7 Å². The van der Waals surface area contributed by atoms with Gasteiger partial charge in [-0.25, -0.2) is 0 Å². The number of ether oxygens (including phenoxy) is 1. The van der Waals surface area contributed by atoms with Gasteiger partial charge in [-0.2, -0.15) is 0 Å². The third kappa shape index (κ3) is 7.41. The molecule has 0 aliphatic carbocycles. The summed E-state index contributed by atoms with van der Waals surface area (Å²) in [5, 5.41) is 8.36. The van der Waals surface area contributed by atoms with Crippen molar-refractivity contribution in [1.29, 1.82) is 0 Å². The molecular formula is C25H30N4O5. The van der Waals surface area contributed by atoms with Gasteiger partial charge >= 0.3 is 5.97 Å². The lowest BCUT2D eigenvalue weighted by Crippen LogP contribution is -2.57. The fourth-order valence-electron chi connectivity index (χ4n) is 3.58. The summed E-state index contributed by atoms with van der Waals surface area (Å²) in [6.07, 6.45) is 0.591. The van der Waals surface area contributed by atoms with Crippen molar-refractivity contribution in [1.82, 2.24) is 15.5 Å². The number of nitrogens with one attached hydrogen (secondary N) is 3. The molecule has 1 saturated heterocycles. The molecule has 1 aliphatic rings. The summed E-state index contributed by atoms with van der Waals surface area (Å²) >= 11 is 0. The topological polar surface area (TPSA) is 117 Å². The van der Waals surface area contributed by atoms with Crippen molar-refractivity contribution in [2.24, 2.45) is 0 Å². The van der Waals surface area contributed by atoms with Crippen LogP contribution in [0, 0.1) is 0 Å². The van der Waals surface area contributed by atoms with E-state index >= 15 is 0 Å². The number of hydrogen-bond acceptors (Lipinski definition) is 6. The SMILES string of the molecule is CCCOC(=O)CC1C(=O)NCCN1CC(=O)Nc1ccc(C(=O)NCc2ccccc2)cc1. The van der Waals surface area contributed by atoms with Gasteiger partial charge in [-0.1, -0.05) is 37.3 Å². The molecule has 0 saturated carbocycles. The average Bonchev–Trinajstić information content (AvgIpc) is 2.84. The highest BCUT2D eigenvalue weighted by atomic mass is 16.5. The van der Waals surface area contributed by atoms with Crippen LogP contribution in [0.25, 0.3) is 0 Å². The lowest BCUT2D eigenvalue weighted by Gasteiger charge is -2.33. The minimum absolute atomic E-state index is 0.0432. The van der Waals surface area contributed by atoms with E-state index in [2.05, 4.69) is 16.0 Å². The van der Waals surface area contributed by atoms with E-state index in [1.54, 1.807) is 29.2 Å². The molecule has 3 rings (SSSR count). The van der Waals surface area contributed by atoms with Crippen LogP contribution in [0.3, 0.4) is 0 Å². The molecule has 3 N–H and O–H groups in total. The van der Waals surface area contributed by atoms with Crippen molar-refractivity contribution in [3.05, 3.63) is 65.7 Å². The number of esters is 1. The Labute approximate surface area is 198 Å². The van der Waals surface area contributed by atoms with Gasteiger partial charge in [0.15, 0.2) is 0 Å². The van der Waals surface area contributed by atoms with Crippen LogP contribution in [-0.4, -0.2) is 60.9 Å². The molecule has 1 heterocycles. The molecule has 3 amide bonds. The van der Waals surface area contributed by atoms with Crippen molar-refractivity contribution in [3.63, 3.8) is 0 Å². The Morgan fingerprint density at radius 2 is 1.82 bits per heavy atom. The fraction of sp³-hybridized carbons (Fsp3) is 0.360. The Balaban J connectivity index is 1.51. The first kappa shape index (κ1) is 24.9. The predicted octanol–water partition coefficient (Wildman–Crippen LogP) is 1.70. The van der Waals surface area contributed by atoms with Gasteiger partial charge in [0.2, 0.25) is 11.8 Å². The maximum absolute atomic E-state index is 12.6. The monoisotopic (exact) mass is 466 g/mol. The molecule has 0 radical (unpaired) electrons. The summed E-state index contributed by atoms with van der Waals surface area (Å²) in [6, 6.07) is 15.4. The Bertz CT molecular complexity index is 994. The third-order valence-corrected chi connectivity index (χ3v) is 5.34. The lowest BCUT2D eigenvalue weighted by molar-refractivity contribution is -0.148. The van der Waals surface area contributed by atoms with Gasteiger partial charge < -0.3 is 20.7 Å². The quantitative estimate of drug-likeness (QED) is 0.459. The summed E-state index contributed by atoms with van der Waals surface area (Å²) in [7, 11) is 0. The molecule has 1 fully saturated rings. The van der Waals surface area contributed by atoms with Crippen LogP contribution in [0.2, 0.25) is 0 Å². The first-order valence-electron chi connectivity index (χ1n) is 11.4. The molecule has 2 aromatic rings. The number of benzene rings is 2. The Morgan fingerprint density at radius 3 is 2.53 bits per heavy atom. The number of anilines is 1. The maximum Gasteiger partial charge on any atom is 0.307 e.